The Hall–Kier alpha value is -4.04. The number of carbonyl (C=O) groups excluding carboxylic acids is 1. The van der Waals surface area contributed by atoms with E-state index in [-0.39, 0.29) is 18.7 Å². The molecule has 2 N–H and O–H groups in total. The summed E-state index contributed by atoms with van der Waals surface area (Å²) in [7, 11) is 1.49. The maximum absolute atomic E-state index is 12.8. The van der Waals surface area contributed by atoms with Crippen molar-refractivity contribution in [2.24, 2.45) is 5.10 Å². The Morgan fingerprint density at radius 2 is 2.09 bits per heavy atom. The van der Waals surface area contributed by atoms with Gasteiger partial charge in [0.15, 0.2) is 16.6 Å². The van der Waals surface area contributed by atoms with Gasteiger partial charge in [-0.05, 0) is 42.0 Å². The summed E-state index contributed by atoms with van der Waals surface area (Å²) in [4.78, 5) is 16.4. The van der Waals surface area contributed by atoms with Crippen LogP contribution in [0.4, 0.5) is 24.0 Å². The second-order valence-corrected chi connectivity index (χ2v) is 7.58. The maximum Gasteiger partial charge on any atom is 0.416 e. The van der Waals surface area contributed by atoms with Crippen LogP contribution in [0.15, 0.2) is 52.9 Å². The highest BCUT2D eigenvalue weighted by molar-refractivity contribution is 7.13. The summed E-state index contributed by atoms with van der Waals surface area (Å²) in [6.07, 6.45) is 2.13. The average molecular weight is 488 g/mol. The van der Waals surface area contributed by atoms with Crippen molar-refractivity contribution in [1.82, 2.24) is 10.4 Å². The second-order valence-electron chi connectivity index (χ2n) is 6.72. The number of hydrazone groups is 1. The molecule has 0 saturated carbocycles. The van der Waals surface area contributed by atoms with Crippen molar-refractivity contribution in [3.63, 3.8) is 0 Å². The molecule has 0 fully saturated rings. The molecule has 1 heterocycles. The van der Waals surface area contributed by atoms with Gasteiger partial charge in [-0.1, -0.05) is 12.0 Å². The molecule has 11 heteroatoms. The summed E-state index contributed by atoms with van der Waals surface area (Å²) < 4.78 is 49.2. The molecule has 7 nitrogen and oxygen atoms in total. The molecule has 0 aliphatic heterocycles. The largest absolute Gasteiger partial charge is 0.493 e. The lowest BCUT2D eigenvalue weighted by Gasteiger charge is -2.09. The molecular formula is C23H19F3N4O3S. The Kier molecular flexibility index (Phi) is 8.10. The molecule has 2 aromatic carbocycles. The Morgan fingerprint density at radius 1 is 1.26 bits per heavy atom. The van der Waals surface area contributed by atoms with Crippen LogP contribution in [0.3, 0.4) is 0 Å². The van der Waals surface area contributed by atoms with Gasteiger partial charge in [0.05, 0.1) is 31.0 Å². The number of carbonyl (C=O) groups is 1. The van der Waals surface area contributed by atoms with Crippen molar-refractivity contribution in [1.29, 1.82) is 0 Å². The molecule has 0 atom stereocenters. The lowest BCUT2D eigenvalue weighted by molar-refractivity contribution is -0.137. The van der Waals surface area contributed by atoms with Crippen LogP contribution >= 0.6 is 11.3 Å². The van der Waals surface area contributed by atoms with E-state index in [2.05, 4.69) is 26.7 Å². The van der Waals surface area contributed by atoms with E-state index in [1.165, 1.54) is 36.8 Å². The van der Waals surface area contributed by atoms with Crippen LogP contribution in [0.2, 0.25) is 0 Å². The highest BCUT2D eigenvalue weighted by Gasteiger charge is 2.30. The summed E-state index contributed by atoms with van der Waals surface area (Å²) in [5, 5.41) is 8.73. The first-order chi connectivity index (χ1) is 16.3. The molecule has 1 amide bonds. The Labute approximate surface area is 197 Å². The Morgan fingerprint density at radius 3 is 2.82 bits per heavy atom. The van der Waals surface area contributed by atoms with Crippen LogP contribution in [-0.2, 0) is 17.4 Å². The first-order valence-corrected chi connectivity index (χ1v) is 10.6. The van der Waals surface area contributed by atoms with Gasteiger partial charge in [0.25, 0.3) is 0 Å². The van der Waals surface area contributed by atoms with E-state index in [1.807, 2.05) is 0 Å². The molecular weight excluding hydrogens is 469 g/mol. The normalized spacial score (nSPS) is 11.1. The first kappa shape index (κ1) is 24.6. The number of amides is 1. The summed E-state index contributed by atoms with van der Waals surface area (Å²) in [5.74, 6) is 2.91. The predicted molar refractivity (Wildman–Crippen MR) is 124 cm³/mol. The maximum atomic E-state index is 12.8. The third-order valence-electron chi connectivity index (χ3n) is 4.24. The number of alkyl halides is 3. The topological polar surface area (TPSA) is 84.8 Å². The summed E-state index contributed by atoms with van der Waals surface area (Å²) in [5.41, 5.74) is 2.99. The first-order valence-electron chi connectivity index (χ1n) is 9.73. The van der Waals surface area contributed by atoms with Gasteiger partial charge in [-0.3, -0.25) is 4.79 Å². The lowest BCUT2D eigenvalue weighted by Crippen LogP contribution is -2.19. The Bertz CT molecular complexity index is 1220. The molecule has 0 bridgehead atoms. The fourth-order valence-corrected chi connectivity index (χ4v) is 3.46. The van der Waals surface area contributed by atoms with Crippen molar-refractivity contribution in [2.45, 2.75) is 12.6 Å². The minimum absolute atomic E-state index is 0.0553. The number of thiazole rings is 1. The molecule has 0 aliphatic rings. The quantitative estimate of drug-likeness (QED) is 0.261. The number of benzene rings is 2. The van der Waals surface area contributed by atoms with Crippen LogP contribution in [0.1, 0.15) is 16.8 Å². The molecule has 34 heavy (non-hydrogen) atoms. The number of methoxy groups -OCH3 is 1. The number of aromatic nitrogens is 1. The van der Waals surface area contributed by atoms with Gasteiger partial charge in [0.1, 0.15) is 6.61 Å². The molecule has 0 aliphatic carbocycles. The number of halogens is 3. The predicted octanol–water partition coefficient (Wildman–Crippen LogP) is 4.62. The number of hydrogen-bond donors (Lipinski definition) is 2. The third kappa shape index (κ3) is 6.98. The van der Waals surface area contributed by atoms with Crippen molar-refractivity contribution in [3.8, 4) is 23.8 Å². The third-order valence-corrected chi connectivity index (χ3v) is 5.04. The van der Waals surface area contributed by atoms with Crippen molar-refractivity contribution < 1.29 is 27.4 Å². The molecule has 3 aromatic rings. The number of anilines is 2. The highest BCUT2D eigenvalue weighted by Crippen LogP contribution is 2.32. The minimum Gasteiger partial charge on any atom is -0.493 e. The van der Waals surface area contributed by atoms with Gasteiger partial charge in [-0.15, -0.1) is 17.8 Å². The summed E-state index contributed by atoms with van der Waals surface area (Å²) in [6, 6.07) is 9.85. The fraction of sp³-hybridized carbons (Fsp3) is 0.174. The Balaban J connectivity index is 1.54. The van der Waals surface area contributed by atoms with E-state index in [4.69, 9.17) is 15.9 Å². The van der Waals surface area contributed by atoms with E-state index in [1.54, 1.807) is 23.6 Å². The zero-order chi connectivity index (χ0) is 24.6. The number of ether oxygens (including phenoxy) is 2. The second kappa shape index (κ2) is 11.2. The standard InChI is InChI=1S/C23H19F3N4O3S/c1-3-9-33-19-8-7-15(10-20(19)32-2)13-27-30-21(31)12-18-14-34-22(29-18)28-17-6-4-5-16(11-17)23(24,25)26/h1,4-8,10-11,13-14H,9,12H2,2H3,(H,28,29)(H,30,31)/b27-13+. The van der Waals surface area contributed by atoms with Gasteiger partial charge < -0.3 is 14.8 Å². The van der Waals surface area contributed by atoms with Crippen molar-refractivity contribution in [2.75, 3.05) is 19.0 Å². The highest BCUT2D eigenvalue weighted by atomic mass is 32.1. The van der Waals surface area contributed by atoms with Crippen LogP contribution in [-0.4, -0.2) is 30.8 Å². The van der Waals surface area contributed by atoms with Crippen LogP contribution in [0, 0.1) is 12.3 Å². The summed E-state index contributed by atoms with van der Waals surface area (Å²) in [6.45, 7) is 0.105. The number of rotatable bonds is 9. The lowest BCUT2D eigenvalue weighted by atomic mass is 10.2. The molecule has 3 rings (SSSR count). The molecule has 0 spiro atoms. The number of nitrogens with zero attached hydrogens (tertiary/aromatic N) is 2. The zero-order valence-corrected chi connectivity index (χ0v) is 18.7. The minimum atomic E-state index is -4.44. The average Bonchev–Trinajstić information content (AvgIpc) is 3.24. The van der Waals surface area contributed by atoms with E-state index in [0.29, 0.717) is 27.9 Å². The van der Waals surface area contributed by atoms with Crippen molar-refractivity contribution in [3.05, 3.63) is 64.7 Å². The molecule has 176 valence electrons. The van der Waals surface area contributed by atoms with E-state index in [9.17, 15) is 18.0 Å². The fourth-order valence-electron chi connectivity index (χ4n) is 2.73. The van der Waals surface area contributed by atoms with E-state index >= 15 is 0 Å². The van der Waals surface area contributed by atoms with Gasteiger partial charge in [0, 0.05) is 11.1 Å². The summed E-state index contributed by atoms with van der Waals surface area (Å²) >= 11 is 1.17. The van der Waals surface area contributed by atoms with Crippen LogP contribution in [0.25, 0.3) is 0 Å². The SMILES string of the molecule is C#CCOc1ccc(/C=N/NC(=O)Cc2csc(Nc3cccc(C(F)(F)F)c3)n2)cc1OC. The van der Waals surface area contributed by atoms with E-state index in [0.717, 1.165) is 12.1 Å². The molecule has 1 aromatic heterocycles. The number of nitrogens with one attached hydrogen (secondary N) is 2. The molecule has 0 unspecified atom stereocenters. The van der Waals surface area contributed by atoms with Gasteiger partial charge in [-0.2, -0.15) is 18.3 Å². The molecule has 0 radical (unpaired) electrons. The van der Waals surface area contributed by atoms with Gasteiger partial charge in [0.2, 0.25) is 5.91 Å². The van der Waals surface area contributed by atoms with Gasteiger partial charge >= 0.3 is 6.18 Å². The molecule has 0 saturated heterocycles. The number of hydrogen-bond acceptors (Lipinski definition) is 7. The van der Waals surface area contributed by atoms with Gasteiger partial charge in [-0.25, -0.2) is 10.4 Å². The van der Waals surface area contributed by atoms with E-state index < -0.39 is 17.6 Å². The number of terminal acetylenes is 1. The zero-order valence-electron chi connectivity index (χ0n) is 17.8. The van der Waals surface area contributed by atoms with Crippen LogP contribution in [0.5, 0.6) is 11.5 Å². The van der Waals surface area contributed by atoms with Crippen molar-refractivity contribution >= 4 is 34.3 Å². The monoisotopic (exact) mass is 488 g/mol. The van der Waals surface area contributed by atoms with Crippen LogP contribution < -0.4 is 20.2 Å². The smallest absolute Gasteiger partial charge is 0.416 e.